The summed E-state index contributed by atoms with van der Waals surface area (Å²) in [7, 11) is -9.83. The van der Waals surface area contributed by atoms with Gasteiger partial charge in [0.2, 0.25) is 0 Å². The summed E-state index contributed by atoms with van der Waals surface area (Å²) in [5.74, 6) is -1.63. The number of hydrogen-bond acceptors (Lipinski definition) is 14. The van der Waals surface area contributed by atoms with E-state index in [-0.39, 0.29) is 19.3 Å². The van der Waals surface area contributed by atoms with Crippen LogP contribution < -0.4 is 0 Å². The van der Waals surface area contributed by atoms with Gasteiger partial charge in [-0.1, -0.05) is 306 Å². The highest BCUT2D eigenvalue weighted by molar-refractivity contribution is 7.47. The molecule has 0 fully saturated rings. The molecule has 608 valence electrons. The maximum atomic E-state index is 13.0. The molecule has 0 aromatic heterocycles. The van der Waals surface area contributed by atoms with Gasteiger partial charge in [0.1, 0.15) is 25.4 Å². The molecule has 0 aliphatic rings. The van der Waals surface area contributed by atoms with Crippen LogP contribution in [0, 0.1) is 0 Å². The molecule has 0 saturated heterocycles. The molecule has 18 heteroatoms. The van der Waals surface area contributed by atoms with E-state index >= 15 is 0 Å². The van der Waals surface area contributed by atoms with Crippen molar-refractivity contribution in [2.45, 2.75) is 322 Å². The number of aliphatic hydroxyl groups excluding tert-OH is 2. The molecule has 0 aliphatic heterocycles. The lowest BCUT2D eigenvalue weighted by Crippen LogP contribution is -2.30. The van der Waals surface area contributed by atoms with Gasteiger partial charge in [-0.15, -0.1) is 0 Å². The Labute approximate surface area is 649 Å². The summed E-state index contributed by atoms with van der Waals surface area (Å²) in [5.41, 5.74) is 0. The summed E-state index contributed by atoms with van der Waals surface area (Å²) >= 11 is 0. The fourth-order valence-electron chi connectivity index (χ4n) is 10.4. The van der Waals surface area contributed by atoms with Gasteiger partial charge in [-0.25, -0.2) is 9.13 Å². The van der Waals surface area contributed by atoms with E-state index in [1.54, 1.807) is 0 Å². The van der Waals surface area contributed by atoms with Crippen LogP contribution in [-0.4, -0.2) is 95.9 Å². The van der Waals surface area contributed by atoms with Crippen molar-refractivity contribution in [3.63, 3.8) is 0 Å². The molecule has 0 spiro atoms. The van der Waals surface area contributed by atoms with Gasteiger partial charge in [-0.2, -0.15) is 0 Å². The highest BCUT2D eigenvalue weighted by Crippen LogP contribution is 2.45. The van der Waals surface area contributed by atoms with Crippen LogP contribution in [0.5, 0.6) is 0 Å². The lowest BCUT2D eigenvalue weighted by Gasteiger charge is -2.21. The molecule has 5 unspecified atom stereocenters. The van der Waals surface area contributed by atoms with Gasteiger partial charge in [0.15, 0.2) is 6.10 Å². The van der Waals surface area contributed by atoms with Crippen LogP contribution in [-0.2, 0) is 55.8 Å². The summed E-state index contributed by atoms with van der Waals surface area (Å²) < 4.78 is 61.2. The van der Waals surface area contributed by atoms with Crippen molar-refractivity contribution in [2.75, 3.05) is 39.6 Å². The molecule has 0 heterocycles. The molecule has 5 atom stereocenters. The second kappa shape index (κ2) is 80.2. The third-order valence-electron chi connectivity index (χ3n) is 16.6. The number of aliphatic hydroxyl groups is 2. The molecule has 0 bridgehead atoms. The van der Waals surface area contributed by atoms with E-state index in [9.17, 15) is 43.5 Å². The lowest BCUT2D eigenvalue weighted by atomic mass is 10.1. The molecule has 0 saturated carbocycles. The predicted molar refractivity (Wildman–Crippen MR) is 445 cm³/mol. The number of unbranched alkanes of at least 4 members (excludes halogenated alkanes) is 23. The number of phosphoric ester groups is 2. The van der Waals surface area contributed by atoms with Crippen LogP contribution in [0.3, 0.4) is 0 Å². The molecule has 0 radical (unpaired) electrons. The van der Waals surface area contributed by atoms with Crippen molar-refractivity contribution < 1.29 is 75.8 Å². The van der Waals surface area contributed by atoms with Gasteiger partial charge < -0.3 is 34.2 Å². The number of esters is 3. The van der Waals surface area contributed by atoms with Crippen molar-refractivity contribution in [1.29, 1.82) is 0 Å². The topological polar surface area (TPSA) is 231 Å². The Balaban J connectivity index is 4.69. The van der Waals surface area contributed by atoms with Crippen molar-refractivity contribution in [2.24, 2.45) is 0 Å². The molecule has 107 heavy (non-hydrogen) atoms. The van der Waals surface area contributed by atoms with Crippen LogP contribution in [0.4, 0.5) is 0 Å². The normalized spacial score (nSPS) is 14.9. The maximum absolute atomic E-state index is 13.0. The lowest BCUT2D eigenvalue weighted by molar-refractivity contribution is -0.161. The van der Waals surface area contributed by atoms with E-state index in [1.807, 2.05) is 0 Å². The Morgan fingerprint density at radius 1 is 0.271 bits per heavy atom. The minimum atomic E-state index is -4.95. The zero-order valence-electron chi connectivity index (χ0n) is 66.5. The third kappa shape index (κ3) is 81.5. The average molecular weight is 1530 g/mol. The Morgan fingerprint density at radius 3 is 0.794 bits per heavy atom. The summed E-state index contributed by atoms with van der Waals surface area (Å²) in [5, 5.41) is 20.7. The molecule has 0 aromatic rings. The van der Waals surface area contributed by atoms with E-state index in [1.165, 1.54) is 70.6 Å². The number of phosphoric acid groups is 2. The number of ether oxygens (including phenoxy) is 3. The van der Waals surface area contributed by atoms with Crippen LogP contribution in [0.2, 0.25) is 0 Å². The average Bonchev–Trinajstić information content (AvgIpc) is 0.903. The second-order valence-electron chi connectivity index (χ2n) is 26.8. The first-order valence-corrected chi connectivity index (χ1v) is 44.1. The fourth-order valence-corrected chi connectivity index (χ4v) is 12.0. The van der Waals surface area contributed by atoms with Crippen molar-refractivity contribution in [3.8, 4) is 0 Å². The van der Waals surface area contributed by atoms with Gasteiger partial charge >= 0.3 is 33.6 Å². The molecule has 4 N–H and O–H groups in total. The van der Waals surface area contributed by atoms with E-state index < -0.39 is 91.5 Å². The SMILES string of the molecule is CC/C=C\C/C=C\C/C=C\C/C=C\C/C=C\C/C=C\CCCCCCCCCCC(=O)OCC(O)COP(=O)(O)OCC(O)COP(=O)(O)OCC(COC(=O)CCCCCCCCCCC/C=C\C/C=C\C/C=C\C/C=C\CCCCC)OC(=O)CCCCC/C=C\C/C=C\C/C=C\C/C=C\C/C=C\CC. The van der Waals surface area contributed by atoms with E-state index in [2.05, 4.69) is 203 Å². The summed E-state index contributed by atoms with van der Waals surface area (Å²) in [6.07, 6.45) is 104. The van der Waals surface area contributed by atoms with Crippen molar-refractivity contribution in [3.05, 3.63) is 182 Å². The van der Waals surface area contributed by atoms with E-state index in [0.717, 1.165) is 173 Å². The van der Waals surface area contributed by atoms with Crippen molar-refractivity contribution >= 4 is 33.6 Å². The van der Waals surface area contributed by atoms with Gasteiger partial charge in [0.25, 0.3) is 0 Å². The molecular formula is C89H146O16P2. The first-order chi connectivity index (χ1) is 52.2. The summed E-state index contributed by atoms with van der Waals surface area (Å²) in [6, 6.07) is 0. The summed E-state index contributed by atoms with van der Waals surface area (Å²) in [4.78, 5) is 58.8. The van der Waals surface area contributed by atoms with Gasteiger partial charge in [-0.3, -0.25) is 32.5 Å². The first kappa shape index (κ1) is 102. The number of rotatable bonds is 76. The van der Waals surface area contributed by atoms with Crippen LogP contribution in [0.25, 0.3) is 0 Å². The Kier molecular flexibility index (Phi) is 76.2. The van der Waals surface area contributed by atoms with Gasteiger partial charge in [0.05, 0.1) is 26.4 Å². The monoisotopic (exact) mass is 1530 g/mol. The predicted octanol–water partition coefficient (Wildman–Crippen LogP) is 24.5. The summed E-state index contributed by atoms with van der Waals surface area (Å²) in [6.45, 7) is 2.36. The minimum absolute atomic E-state index is 0.0574. The van der Waals surface area contributed by atoms with Crippen LogP contribution in [0.15, 0.2) is 182 Å². The molecule has 0 rings (SSSR count). The molecule has 0 aromatic carbocycles. The zero-order valence-corrected chi connectivity index (χ0v) is 68.3. The third-order valence-corrected chi connectivity index (χ3v) is 18.5. The number of carbonyl (C=O) groups is 3. The molecule has 0 amide bonds. The van der Waals surface area contributed by atoms with Gasteiger partial charge in [-0.05, 0) is 161 Å². The van der Waals surface area contributed by atoms with Crippen molar-refractivity contribution in [1.82, 2.24) is 0 Å². The Hall–Kier alpha value is -5.35. The number of hydrogen-bond donors (Lipinski definition) is 4. The quantitative estimate of drug-likeness (QED) is 0.0146. The smallest absolute Gasteiger partial charge is 0.463 e. The number of carbonyl (C=O) groups excluding carboxylic acids is 3. The first-order valence-electron chi connectivity index (χ1n) is 41.1. The van der Waals surface area contributed by atoms with Crippen LogP contribution in [0.1, 0.15) is 303 Å². The van der Waals surface area contributed by atoms with Gasteiger partial charge in [0, 0.05) is 19.3 Å². The molecule has 0 aliphatic carbocycles. The second-order valence-corrected chi connectivity index (χ2v) is 29.7. The zero-order chi connectivity index (χ0) is 78.0. The maximum Gasteiger partial charge on any atom is 0.472 e. The minimum Gasteiger partial charge on any atom is -0.463 e. The standard InChI is InChI=1S/C89H146O16P2/c1-4-7-10-13-16-19-22-25-28-31-34-36-38-40-41-43-45-46-49-51-54-57-60-63-66-69-72-75-87(92)99-78-84(90)79-101-106(95,96)102-80-85(91)81-103-107(97,98)104-83-86(105-89(94)77-74-71-68-65-62-59-56-53-48-33-30-27-24-21-18-15-12-9-6-3)82-100-88(93)76-73-70-67-64-61-58-55-52-50-47-44-42-39-37-35-32-29-26-23-20-17-14-11-8-5-2/h7,9-10,12,16-21,25-30,34-37,40-42,44-46,48,53,59,62,84-86,90-91H,4-6,8,11,13-15,22-24,31-33,38-39,43,47,49-52,54-58,60-61,63-83H2,1-3H3,(H,95,96)(H,97,98)/b10-7-,12-9-,19-16-,20-17-,21-18-,28-25-,29-26-,30-27-,36-34-,37-35-,41-40-,44-42-,46-45-,53-48-,62-59-. The fraction of sp³-hybridized carbons (Fsp3) is 0.629. The highest BCUT2D eigenvalue weighted by Gasteiger charge is 2.29. The van der Waals surface area contributed by atoms with E-state index in [4.69, 9.17) is 32.3 Å². The van der Waals surface area contributed by atoms with E-state index in [0.29, 0.717) is 19.3 Å². The molecule has 16 nitrogen and oxygen atoms in total. The Bertz CT molecular complexity index is 2670. The Morgan fingerprint density at radius 2 is 0.495 bits per heavy atom. The number of allylic oxidation sites excluding steroid dienone is 30. The van der Waals surface area contributed by atoms with Crippen LogP contribution >= 0.6 is 15.6 Å². The highest BCUT2D eigenvalue weighted by atomic mass is 31.2. The largest absolute Gasteiger partial charge is 0.472 e. The molecular weight excluding hydrogens is 1390 g/mol.